The zero-order valence-corrected chi connectivity index (χ0v) is 14.7. The molecule has 0 aliphatic heterocycles. The molecule has 0 N–H and O–H groups in total. The van der Waals surface area contributed by atoms with Crippen LogP contribution in [0.3, 0.4) is 0 Å². The van der Waals surface area contributed by atoms with Crippen molar-refractivity contribution in [2.24, 2.45) is 0 Å². The van der Waals surface area contributed by atoms with Gasteiger partial charge in [0.15, 0.2) is 0 Å². The Morgan fingerprint density at radius 3 is 0.783 bits per heavy atom. The van der Waals surface area contributed by atoms with Crippen molar-refractivity contribution in [3.63, 3.8) is 0 Å². The molecule has 0 atom stereocenters. The van der Waals surface area contributed by atoms with Gasteiger partial charge < -0.3 is 40.8 Å². The summed E-state index contributed by atoms with van der Waals surface area (Å²) in [5.41, 5.74) is 0. The van der Waals surface area contributed by atoms with Crippen molar-refractivity contribution in [1.82, 2.24) is 40.8 Å². The second kappa shape index (κ2) is 20.0. The van der Waals surface area contributed by atoms with Crippen molar-refractivity contribution < 1.29 is 15.1 Å². The summed E-state index contributed by atoms with van der Waals surface area (Å²) in [5.74, 6) is 0. The molecular formula is C12H12Cl2N8Rh-4. The number of hydrogen-bond donors (Lipinski definition) is 0. The SMILES string of the molecule is [Cl][Rh][Cl].c1cn[n-]c1.c1cn[n-]c1.c1cn[n-]c1.c1cn[n-]c1. The zero-order chi connectivity index (χ0) is 16.8. The third kappa shape index (κ3) is 20.0. The average Bonchev–Trinajstić information content (AvgIpc) is 3.47. The first-order chi connectivity index (χ1) is 11.4. The molecule has 4 heterocycles. The van der Waals surface area contributed by atoms with Gasteiger partial charge in [-0.1, -0.05) is 24.3 Å². The maximum atomic E-state index is 4.83. The van der Waals surface area contributed by atoms with Crippen LogP contribution in [0.15, 0.2) is 73.8 Å². The summed E-state index contributed by atoms with van der Waals surface area (Å²) < 4.78 is 0. The maximum absolute atomic E-state index is 4.83. The molecule has 0 amide bonds. The van der Waals surface area contributed by atoms with E-state index in [1.807, 2.05) is 0 Å². The van der Waals surface area contributed by atoms with E-state index in [1.54, 1.807) is 73.8 Å². The molecule has 4 rings (SSSR count). The van der Waals surface area contributed by atoms with Gasteiger partial charge in [-0.05, 0) is 0 Å². The van der Waals surface area contributed by atoms with Crippen molar-refractivity contribution in [3.05, 3.63) is 73.8 Å². The predicted octanol–water partition coefficient (Wildman–Crippen LogP) is 1.53. The topological polar surface area (TPSA) is 108 Å². The minimum Gasteiger partial charge on any atom is -0.582 e. The Hall–Kier alpha value is -1.96. The van der Waals surface area contributed by atoms with Crippen molar-refractivity contribution in [1.29, 1.82) is 0 Å². The Balaban J connectivity index is 0.000000266. The minimum absolute atomic E-state index is 0.226. The second-order valence-corrected chi connectivity index (χ2v) is 5.42. The molecule has 4 aromatic heterocycles. The fourth-order valence-corrected chi connectivity index (χ4v) is 0.770. The molecule has 0 spiro atoms. The Morgan fingerprint density at radius 1 is 0.522 bits per heavy atom. The van der Waals surface area contributed by atoms with E-state index in [0.717, 1.165) is 0 Å². The van der Waals surface area contributed by atoms with Gasteiger partial charge >= 0.3 is 34.5 Å². The number of aromatic nitrogens is 8. The first-order valence-corrected chi connectivity index (χ1v) is 10.0. The van der Waals surface area contributed by atoms with Crippen LogP contribution in [0.25, 0.3) is 0 Å². The molecule has 4 aromatic rings. The van der Waals surface area contributed by atoms with E-state index in [4.69, 9.17) is 19.4 Å². The van der Waals surface area contributed by atoms with E-state index in [0.29, 0.717) is 0 Å². The molecule has 0 aliphatic carbocycles. The van der Waals surface area contributed by atoms with Crippen molar-refractivity contribution in [3.8, 4) is 0 Å². The summed E-state index contributed by atoms with van der Waals surface area (Å²) in [6.45, 7) is 0. The standard InChI is InChI=1S/4C3H3N2.2ClH.Rh/c4*1-2-4-5-3-1;;;/h4*1-3H;2*1H;/q4*-1;;;+2/p-2. The number of hydrogen-bond acceptors (Lipinski definition) is 4. The van der Waals surface area contributed by atoms with Crippen LogP contribution in [-0.4, -0.2) is 20.4 Å². The number of nitrogens with zero attached hydrogens (tertiary/aromatic N) is 8. The minimum atomic E-state index is -0.226. The molecule has 8 nitrogen and oxygen atoms in total. The first-order valence-electron chi connectivity index (χ1n) is 5.78. The van der Waals surface area contributed by atoms with Crippen LogP contribution in [0.4, 0.5) is 0 Å². The summed E-state index contributed by atoms with van der Waals surface area (Å²) >= 11 is -0.226. The van der Waals surface area contributed by atoms with Crippen LogP contribution in [0.2, 0.25) is 0 Å². The molecule has 0 radical (unpaired) electrons. The summed E-state index contributed by atoms with van der Waals surface area (Å²) in [5, 5.41) is 27.8. The largest absolute Gasteiger partial charge is 0.582 e. The average molecular weight is 442 g/mol. The van der Waals surface area contributed by atoms with Gasteiger partial charge in [0, 0.05) is 24.8 Å². The van der Waals surface area contributed by atoms with Gasteiger partial charge in [-0.2, -0.15) is 24.8 Å². The molecule has 0 unspecified atom stereocenters. The van der Waals surface area contributed by atoms with Gasteiger partial charge in [-0.25, -0.2) is 0 Å². The Kier molecular flexibility index (Phi) is 18.3. The fraction of sp³-hybridized carbons (Fsp3) is 0. The van der Waals surface area contributed by atoms with Crippen molar-refractivity contribution in [2.75, 3.05) is 0 Å². The third-order valence-corrected chi connectivity index (χ3v) is 1.49. The molecule has 11 heteroatoms. The molecule has 127 valence electrons. The van der Waals surface area contributed by atoms with Gasteiger partial charge in [0.25, 0.3) is 0 Å². The molecule has 0 saturated heterocycles. The number of rotatable bonds is 0. The normalized spacial score (nSPS) is 7.91. The van der Waals surface area contributed by atoms with Crippen LogP contribution in [0.1, 0.15) is 0 Å². The van der Waals surface area contributed by atoms with Crippen LogP contribution in [-0.2, 0) is 15.1 Å². The molecule has 0 aromatic carbocycles. The predicted molar refractivity (Wildman–Crippen MR) is 81.9 cm³/mol. The molecule has 0 bridgehead atoms. The summed E-state index contributed by atoms with van der Waals surface area (Å²) in [6, 6.07) is 7.11. The van der Waals surface area contributed by atoms with Crippen LogP contribution >= 0.6 is 19.4 Å². The van der Waals surface area contributed by atoms with Crippen LogP contribution in [0, 0.1) is 0 Å². The van der Waals surface area contributed by atoms with Crippen molar-refractivity contribution in [2.45, 2.75) is 0 Å². The molecule has 0 fully saturated rings. The fourth-order valence-electron chi connectivity index (χ4n) is 0.770. The smallest absolute Gasteiger partial charge is 0.00194 e. The molecule has 23 heavy (non-hydrogen) atoms. The van der Waals surface area contributed by atoms with E-state index in [2.05, 4.69) is 40.8 Å². The third-order valence-electron chi connectivity index (χ3n) is 1.49. The van der Waals surface area contributed by atoms with E-state index < -0.39 is 0 Å². The Bertz CT molecular complexity index is 380. The van der Waals surface area contributed by atoms with Crippen LogP contribution in [0.5, 0.6) is 0 Å². The van der Waals surface area contributed by atoms with Crippen molar-refractivity contribution >= 4 is 19.4 Å². The van der Waals surface area contributed by atoms with Gasteiger partial charge in [0.2, 0.25) is 0 Å². The maximum Gasteiger partial charge on any atom is 0.00194 e. The van der Waals surface area contributed by atoms with Gasteiger partial charge in [0.05, 0.1) is 0 Å². The quantitative estimate of drug-likeness (QED) is 0.378. The molecule has 0 aliphatic rings. The first kappa shape index (κ1) is 21.0. The zero-order valence-electron chi connectivity index (χ0n) is 11.6. The molecular weight excluding hydrogens is 430 g/mol. The second-order valence-electron chi connectivity index (χ2n) is 2.93. The summed E-state index contributed by atoms with van der Waals surface area (Å²) in [7, 11) is 9.67. The Morgan fingerprint density at radius 2 is 0.739 bits per heavy atom. The van der Waals surface area contributed by atoms with Gasteiger partial charge in [-0.15, -0.1) is 0 Å². The molecule has 0 saturated carbocycles. The van der Waals surface area contributed by atoms with E-state index in [1.165, 1.54) is 0 Å². The van der Waals surface area contributed by atoms with Gasteiger partial charge in [-0.3, -0.25) is 0 Å². The number of halogens is 2. The van der Waals surface area contributed by atoms with Crippen LogP contribution < -0.4 is 20.4 Å². The van der Waals surface area contributed by atoms with E-state index >= 15 is 0 Å². The summed E-state index contributed by atoms with van der Waals surface area (Å²) in [6.07, 6.45) is 13.1. The van der Waals surface area contributed by atoms with E-state index in [9.17, 15) is 0 Å². The summed E-state index contributed by atoms with van der Waals surface area (Å²) in [4.78, 5) is 0. The Labute approximate surface area is 149 Å². The van der Waals surface area contributed by atoms with Gasteiger partial charge in [0.1, 0.15) is 0 Å². The van der Waals surface area contributed by atoms with E-state index in [-0.39, 0.29) is 15.1 Å². The monoisotopic (exact) mass is 441 g/mol.